The second-order valence-electron chi connectivity index (χ2n) is 17.4. The number of hydrogen-bond acceptors (Lipinski definition) is 10. The first-order valence-electron chi connectivity index (χ1n) is 22.7. The number of nitro benzene ring substituents is 1. The Kier molecular flexibility index (Phi) is 13.9. The van der Waals surface area contributed by atoms with Gasteiger partial charge in [-0.2, -0.15) is 0 Å². The molecular formula is C51H59N3O9. The number of aliphatic hydroxyl groups is 2. The number of non-ortho nitro benzene ring substituents is 1. The maximum atomic E-state index is 14.5. The Balaban J connectivity index is 1.29. The van der Waals surface area contributed by atoms with Gasteiger partial charge in [0, 0.05) is 55.7 Å². The van der Waals surface area contributed by atoms with Gasteiger partial charge in [0.25, 0.3) is 5.69 Å². The SMILES string of the molecule is C=CCOC12Oc3ccc(Oc4ccc5ccccc5c4)cc3C3C(CCCCO)C(CCCCO)C=C(C(=NOCc4ccc([N+](=O)[O-])cc4)CC1N(CCC)C(=O)C1CC1)C32. The summed E-state index contributed by atoms with van der Waals surface area (Å²) in [5.74, 6) is 0.237. The van der Waals surface area contributed by atoms with E-state index in [1.54, 1.807) is 18.2 Å². The quantitative estimate of drug-likeness (QED) is 0.0361. The minimum atomic E-state index is -1.33. The molecule has 6 unspecified atom stereocenters. The van der Waals surface area contributed by atoms with Crippen LogP contribution >= 0.6 is 0 Å². The van der Waals surface area contributed by atoms with E-state index in [4.69, 9.17) is 24.2 Å². The Morgan fingerprint density at radius 3 is 2.41 bits per heavy atom. The molecule has 12 heteroatoms. The number of nitrogens with zero attached hydrogens (tertiary/aromatic N) is 3. The van der Waals surface area contributed by atoms with Crippen LogP contribution in [0.5, 0.6) is 17.2 Å². The molecule has 1 amide bonds. The highest BCUT2D eigenvalue weighted by atomic mass is 16.7. The highest BCUT2D eigenvalue weighted by Gasteiger charge is 2.65. The number of ether oxygens (including phenoxy) is 3. The maximum absolute atomic E-state index is 14.5. The number of nitro groups is 1. The highest BCUT2D eigenvalue weighted by molar-refractivity contribution is 6.03. The average Bonchev–Trinajstić information content (AvgIpc) is 4.15. The number of carbonyl (C=O) groups excluding carboxylic acids is 1. The molecule has 2 saturated carbocycles. The van der Waals surface area contributed by atoms with E-state index >= 15 is 0 Å². The molecule has 0 radical (unpaired) electrons. The van der Waals surface area contributed by atoms with Crippen molar-refractivity contribution in [2.24, 2.45) is 28.8 Å². The number of hydrogen-bond donors (Lipinski definition) is 2. The molecule has 1 heterocycles. The topological polar surface area (TPSA) is 153 Å². The average molecular weight is 858 g/mol. The van der Waals surface area contributed by atoms with Crippen molar-refractivity contribution < 1.29 is 39.0 Å². The highest BCUT2D eigenvalue weighted by Crippen LogP contribution is 2.62. The lowest BCUT2D eigenvalue weighted by atomic mass is 9.55. The molecule has 0 aromatic heterocycles. The van der Waals surface area contributed by atoms with Gasteiger partial charge in [-0.05, 0) is 121 Å². The van der Waals surface area contributed by atoms with Crippen LogP contribution in [0.3, 0.4) is 0 Å². The van der Waals surface area contributed by atoms with Crippen molar-refractivity contribution in [3.05, 3.63) is 130 Å². The fraction of sp³-hybridized carbons (Fsp3) is 0.451. The molecule has 2 N–H and O–H groups in total. The first kappa shape index (κ1) is 44.1. The fourth-order valence-corrected chi connectivity index (χ4v) is 10.2. The Morgan fingerprint density at radius 1 is 0.968 bits per heavy atom. The molecule has 12 nitrogen and oxygen atoms in total. The summed E-state index contributed by atoms with van der Waals surface area (Å²) < 4.78 is 21.1. The van der Waals surface area contributed by atoms with E-state index < -0.39 is 22.7 Å². The number of oxime groups is 1. The molecular weight excluding hydrogens is 799 g/mol. The van der Waals surface area contributed by atoms with Crippen molar-refractivity contribution in [3.8, 4) is 17.2 Å². The summed E-state index contributed by atoms with van der Waals surface area (Å²) in [6, 6.07) is 25.9. The van der Waals surface area contributed by atoms with Gasteiger partial charge in [-0.1, -0.05) is 67.4 Å². The van der Waals surface area contributed by atoms with Gasteiger partial charge < -0.3 is 34.2 Å². The molecule has 0 bridgehead atoms. The van der Waals surface area contributed by atoms with Crippen molar-refractivity contribution in [2.75, 3.05) is 26.4 Å². The van der Waals surface area contributed by atoms with E-state index in [0.29, 0.717) is 48.8 Å². The molecule has 2 fully saturated rings. The van der Waals surface area contributed by atoms with E-state index in [1.165, 1.54) is 12.1 Å². The van der Waals surface area contributed by atoms with Gasteiger partial charge in [-0.3, -0.25) is 14.9 Å². The minimum absolute atomic E-state index is 0.00465. The summed E-state index contributed by atoms with van der Waals surface area (Å²) >= 11 is 0. The van der Waals surface area contributed by atoms with Gasteiger partial charge >= 0.3 is 0 Å². The van der Waals surface area contributed by atoms with E-state index in [2.05, 4.69) is 43.8 Å². The second kappa shape index (κ2) is 19.9. The summed E-state index contributed by atoms with van der Waals surface area (Å²) in [6.07, 6.45) is 11.4. The molecule has 0 saturated heterocycles. The third-order valence-electron chi connectivity index (χ3n) is 13.2. The lowest BCUT2D eigenvalue weighted by Gasteiger charge is -2.60. The molecule has 332 valence electrons. The zero-order chi connectivity index (χ0) is 43.9. The first-order valence-corrected chi connectivity index (χ1v) is 22.7. The van der Waals surface area contributed by atoms with Gasteiger partial charge in [0.1, 0.15) is 29.9 Å². The molecule has 1 aliphatic heterocycles. The molecule has 6 atom stereocenters. The van der Waals surface area contributed by atoms with Crippen LogP contribution in [0.4, 0.5) is 5.69 Å². The van der Waals surface area contributed by atoms with Crippen LogP contribution in [0.15, 0.2) is 114 Å². The van der Waals surface area contributed by atoms with Crippen molar-refractivity contribution in [1.29, 1.82) is 0 Å². The van der Waals surface area contributed by atoms with Crippen LogP contribution in [0.2, 0.25) is 0 Å². The zero-order valence-electron chi connectivity index (χ0n) is 36.1. The molecule has 8 rings (SSSR count). The number of carbonyl (C=O) groups is 1. The Morgan fingerprint density at radius 2 is 1.70 bits per heavy atom. The Bertz CT molecular complexity index is 2320. The summed E-state index contributed by atoms with van der Waals surface area (Å²) in [7, 11) is 0. The number of amides is 1. The molecule has 4 aliphatic rings. The fourth-order valence-electron chi connectivity index (χ4n) is 10.2. The van der Waals surface area contributed by atoms with E-state index in [0.717, 1.165) is 72.4 Å². The van der Waals surface area contributed by atoms with Gasteiger partial charge in [-0.15, -0.1) is 6.58 Å². The first-order chi connectivity index (χ1) is 30.8. The number of allylic oxidation sites excluding steroid dienone is 1. The Labute approximate surface area is 369 Å². The van der Waals surface area contributed by atoms with Crippen molar-refractivity contribution in [3.63, 3.8) is 0 Å². The van der Waals surface area contributed by atoms with Crippen LogP contribution in [0.25, 0.3) is 10.8 Å². The summed E-state index contributed by atoms with van der Waals surface area (Å²) in [4.78, 5) is 33.6. The van der Waals surface area contributed by atoms with E-state index in [1.807, 2.05) is 41.3 Å². The third-order valence-corrected chi connectivity index (χ3v) is 13.2. The van der Waals surface area contributed by atoms with Crippen LogP contribution in [0.1, 0.15) is 88.2 Å². The van der Waals surface area contributed by atoms with Gasteiger partial charge in [0.15, 0.2) is 0 Å². The molecule has 63 heavy (non-hydrogen) atoms. The normalized spacial score (nSPS) is 24.1. The van der Waals surface area contributed by atoms with Crippen LogP contribution in [-0.4, -0.2) is 69.8 Å². The van der Waals surface area contributed by atoms with Gasteiger partial charge in [-0.25, -0.2) is 0 Å². The van der Waals surface area contributed by atoms with Crippen molar-refractivity contribution in [1.82, 2.24) is 4.90 Å². The second-order valence-corrected chi connectivity index (χ2v) is 17.4. The summed E-state index contributed by atoms with van der Waals surface area (Å²) in [5.41, 5.74) is 3.35. The minimum Gasteiger partial charge on any atom is -0.459 e. The number of aliphatic hydroxyl groups excluding tert-OH is 2. The smallest absolute Gasteiger partial charge is 0.269 e. The zero-order valence-corrected chi connectivity index (χ0v) is 36.1. The lowest BCUT2D eigenvalue weighted by Crippen LogP contribution is -2.70. The number of fused-ring (bicyclic) bond motifs is 3. The third kappa shape index (κ3) is 9.39. The monoisotopic (exact) mass is 857 g/mol. The molecule has 3 aliphatic carbocycles. The number of rotatable bonds is 21. The van der Waals surface area contributed by atoms with E-state index in [9.17, 15) is 25.1 Å². The maximum Gasteiger partial charge on any atom is 0.269 e. The van der Waals surface area contributed by atoms with Gasteiger partial charge in [0.05, 0.1) is 23.2 Å². The number of unbranched alkanes of at least 4 members (excludes halogenated alkanes) is 2. The largest absolute Gasteiger partial charge is 0.459 e. The molecule has 4 aromatic carbocycles. The van der Waals surface area contributed by atoms with Crippen LogP contribution < -0.4 is 9.47 Å². The van der Waals surface area contributed by atoms with Crippen LogP contribution in [-0.2, 0) is 21.0 Å². The predicted molar refractivity (Wildman–Crippen MR) is 242 cm³/mol. The van der Waals surface area contributed by atoms with Crippen molar-refractivity contribution >= 4 is 28.1 Å². The van der Waals surface area contributed by atoms with Crippen LogP contribution in [0, 0.1) is 33.8 Å². The molecule has 4 aromatic rings. The van der Waals surface area contributed by atoms with Gasteiger partial charge in [0.2, 0.25) is 11.7 Å². The van der Waals surface area contributed by atoms with Crippen molar-refractivity contribution in [2.45, 2.75) is 95.5 Å². The summed E-state index contributed by atoms with van der Waals surface area (Å²) in [6.45, 7) is 7.09. The van der Waals surface area contributed by atoms with E-state index in [-0.39, 0.29) is 61.7 Å². The molecule has 0 spiro atoms. The standard InChI is InChI=1S/C51H59N3O9/c1-3-25-53(50(57)36-17-18-36)47-32-45(52-61-33-34-15-20-39(21-16-34)54(58)59)43-30-38(13-7-9-26-55)42(14-8-10-27-56)48-44-31-41(62-40-22-19-35-11-5-6-12-37(35)29-40)23-24-46(44)63-51(47,49(43)48)60-28-4-2/h4-6,11-12,15-16,19-24,29-31,36,38,42,47-49,55-56H,2-3,7-10,13-14,17-18,25-28,32-33H2,1H3. The number of benzene rings is 4. The Hall–Kier alpha value is -5.56. The predicted octanol–water partition coefficient (Wildman–Crippen LogP) is 10.0. The summed E-state index contributed by atoms with van der Waals surface area (Å²) in [5, 5.41) is 38.4. The lowest BCUT2D eigenvalue weighted by molar-refractivity contribution is -0.384.